The molecule has 0 atom stereocenters. The van der Waals surface area contributed by atoms with E-state index >= 15 is 0 Å². The average molecular weight is 402 g/mol. The van der Waals surface area contributed by atoms with E-state index < -0.39 is 0 Å². The van der Waals surface area contributed by atoms with Crippen LogP contribution in [0.3, 0.4) is 0 Å². The molecule has 1 amide bonds. The molecule has 5 nitrogen and oxygen atoms in total. The number of benzodiazepines with no additional fused rings is 1. The first kappa shape index (κ1) is 20.0. The van der Waals surface area contributed by atoms with Crippen molar-refractivity contribution in [2.45, 2.75) is 20.3 Å². The molecule has 5 heteroatoms. The lowest BCUT2D eigenvalue weighted by atomic mass is 9.84. The first-order valence-corrected chi connectivity index (χ1v) is 10.00. The molecule has 0 N–H and O–H groups in total. The van der Waals surface area contributed by atoms with Gasteiger partial charge >= 0.3 is 0 Å². The maximum atomic E-state index is 13.0. The van der Waals surface area contributed by atoms with Gasteiger partial charge in [-0.3, -0.25) is 14.7 Å². The molecule has 2 aromatic rings. The summed E-state index contributed by atoms with van der Waals surface area (Å²) in [4.78, 5) is 19.1. The summed E-state index contributed by atoms with van der Waals surface area (Å²) in [7, 11) is 3.29. The number of benzene rings is 2. The highest BCUT2D eigenvalue weighted by molar-refractivity contribution is 6.06. The van der Waals surface area contributed by atoms with Gasteiger partial charge in [0.1, 0.15) is 18.0 Å². The quantitative estimate of drug-likeness (QED) is 0.723. The Hall–Kier alpha value is -3.34. The Morgan fingerprint density at radius 2 is 1.80 bits per heavy atom. The Bertz CT molecular complexity index is 1060. The number of ether oxygens (including phenoxy) is 2. The third kappa shape index (κ3) is 3.63. The number of amides is 1. The van der Waals surface area contributed by atoms with E-state index in [0.717, 1.165) is 46.0 Å². The van der Waals surface area contributed by atoms with Gasteiger partial charge in [0.25, 0.3) is 5.91 Å². The van der Waals surface area contributed by atoms with E-state index in [1.165, 1.54) is 0 Å². The van der Waals surface area contributed by atoms with Crippen molar-refractivity contribution in [2.75, 3.05) is 25.7 Å². The van der Waals surface area contributed by atoms with Crippen LogP contribution in [0.1, 0.15) is 25.8 Å². The zero-order valence-electron chi connectivity index (χ0n) is 17.8. The fourth-order valence-corrected chi connectivity index (χ4v) is 4.05. The normalized spacial score (nSPS) is 17.3. The maximum absolute atomic E-state index is 13.0. The number of hydrogen-bond donors (Lipinski definition) is 0. The van der Waals surface area contributed by atoms with Gasteiger partial charge in [-0.1, -0.05) is 38.1 Å². The monoisotopic (exact) mass is 402 g/mol. The maximum Gasteiger partial charge on any atom is 0.252 e. The van der Waals surface area contributed by atoms with Crippen LogP contribution >= 0.6 is 0 Å². The molecular formula is C25H26N2O3. The summed E-state index contributed by atoms with van der Waals surface area (Å²) in [6, 6.07) is 11.7. The molecule has 4 rings (SSSR count). The average Bonchev–Trinajstić information content (AvgIpc) is 2.89. The van der Waals surface area contributed by atoms with Crippen LogP contribution in [0, 0.1) is 5.41 Å². The summed E-state index contributed by atoms with van der Waals surface area (Å²) in [6.45, 7) is 4.48. The zero-order chi connectivity index (χ0) is 21.3. The van der Waals surface area contributed by atoms with Crippen molar-refractivity contribution in [1.29, 1.82) is 0 Å². The van der Waals surface area contributed by atoms with Gasteiger partial charge in [-0.25, -0.2) is 0 Å². The highest BCUT2D eigenvalue weighted by Crippen LogP contribution is 2.41. The highest BCUT2D eigenvalue weighted by Gasteiger charge is 2.29. The van der Waals surface area contributed by atoms with Crippen molar-refractivity contribution in [3.63, 3.8) is 0 Å². The molecule has 0 saturated heterocycles. The molecule has 30 heavy (non-hydrogen) atoms. The fraction of sp³-hybridized carbons (Fsp3) is 0.280. The highest BCUT2D eigenvalue weighted by atomic mass is 16.5. The number of nitrogens with zero attached hydrogens (tertiary/aromatic N) is 2. The third-order valence-electron chi connectivity index (χ3n) is 5.45. The van der Waals surface area contributed by atoms with Crippen LogP contribution < -0.4 is 14.4 Å². The number of allylic oxidation sites excluding steroid dienone is 4. The predicted molar refractivity (Wildman–Crippen MR) is 121 cm³/mol. The van der Waals surface area contributed by atoms with Gasteiger partial charge in [0.05, 0.1) is 25.5 Å². The second kappa shape index (κ2) is 7.82. The smallest absolute Gasteiger partial charge is 0.252 e. The minimum absolute atomic E-state index is 0.00238. The lowest BCUT2D eigenvalue weighted by Crippen LogP contribution is -2.34. The Kier molecular flexibility index (Phi) is 5.20. The van der Waals surface area contributed by atoms with Crippen LogP contribution in [0.15, 0.2) is 65.3 Å². The van der Waals surface area contributed by atoms with Gasteiger partial charge in [-0.05, 0) is 47.7 Å². The lowest BCUT2D eigenvalue weighted by molar-refractivity contribution is -0.116. The van der Waals surface area contributed by atoms with Crippen molar-refractivity contribution >= 4 is 17.8 Å². The van der Waals surface area contributed by atoms with Gasteiger partial charge in [0.15, 0.2) is 0 Å². The summed E-state index contributed by atoms with van der Waals surface area (Å²) in [5.41, 5.74) is 4.55. The lowest BCUT2D eigenvalue weighted by Gasteiger charge is -2.32. The number of carbonyl (C=O) groups is 1. The van der Waals surface area contributed by atoms with E-state index in [9.17, 15) is 4.79 Å². The molecule has 0 aromatic heterocycles. The SMILES string of the molecule is COc1cccc(OC)c1-c1ccc2c(c1)C=NCC(=O)N2C1=CC=CC(C)(C)C1. The van der Waals surface area contributed by atoms with E-state index in [-0.39, 0.29) is 17.9 Å². The number of aliphatic imine (C=N–C) groups is 1. The van der Waals surface area contributed by atoms with Crippen molar-refractivity contribution in [3.05, 3.63) is 65.9 Å². The Morgan fingerprint density at radius 3 is 2.47 bits per heavy atom. The van der Waals surface area contributed by atoms with E-state index in [1.807, 2.05) is 53.5 Å². The number of carbonyl (C=O) groups excluding carboxylic acids is 1. The van der Waals surface area contributed by atoms with Gasteiger partial charge in [-0.2, -0.15) is 0 Å². The van der Waals surface area contributed by atoms with Gasteiger partial charge in [0.2, 0.25) is 0 Å². The van der Waals surface area contributed by atoms with E-state index in [0.29, 0.717) is 0 Å². The predicted octanol–water partition coefficient (Wildman–Crippen LogP) is 5.01. The van der Waals surface area contributed by atoms with Crippen LogP contribution in [-0.2, 0) is 4.79 Å². The summed E-state index contributed by atoms with van der Waals surface area (Å²) in [6.07, 6.45) is 8.80. The number of anilines is 1. The second-order valence-corrected chi connectivity index (χ2v) is 8.19. The van der Waals surface area contributed by atoms with Crippen LogP contribution in [-0.4, -0.2) is 32.9 Å². The number of hydrogen-bond acceptors (Lipinski definition) is 4. The number of fused-ring (bicyclic) bond motifs is 1. The van der Waals surface area contributed by atoms with Gasteiger partial charge in [-0.15, -0.1) is 0 Å². The largest absolute Gasteiger partial charge is 0.496 e. The minimum Gasteiger partial charge on any atom is -0.496 e. The molecule has 0 bridgehead atoms. The van der Waals surface area contributed by atoms with Crippen LogP contribution in [0.5, 0.6) is 11.5 Å². The molecule has 1 aliphatic carbocycles. The van der Waals surface area contributed by atoms with Gasteiger partial charge in [0, 0.05) is 17.5 Å². The van der Waals surface area contributed by atoms with Crippen molar-refractivity contribution in [3.8, 4) is 22.6 Å². The Morgan fingerprint density at radius 1 is 1.07 bits per heavy atom. The summed E-state index contributed by atoms with van der Waals surface area (Å²) in [5, 5.41) is 0. The second-order valence-electron chi connectivity index (χ2n) is 8.19. The van der Waals surface area contributed by atoms with Crippen molar-refractivity contribution in [1.82, 2.24) is 0 Å². The van der Waals surface area contributed by atoms with E-state index in [2.05, 4.69) is 24.9 Å². The topological polar surface area (TPSA) is 51.1 Å². The molecule has 0 unspecified atom stereocenters. The molecule has 0 saturated carbocycles. The standard InChI is InChI=1S/C25H26N2O3/c1-25(2)12-6-7-19(14-25)27-20-11-10-17(13-18(20)15-26-16-23(27)28)24-21(29-3)8-5-9-22(24)30-4/h5-13,15H,14,16H2,1-4H3. The molecule has 1 aliphatic heterocycles. The molecule has 0 spiro atoms. The molecule has 0 fully saturated rings. The first-order valence-electron chi connectivity index (χ1n) is 10.00. The van der Waals surface area contributed by atoms with Crippen LogP contribution in [0.25, 0.3) is 11.1 Å². The fourth-order valence-electron chi connectivity index (χ4n) is 4.05. The summed E-state index contributed by atoms with van der Waals surface area (Å²) in [5.74, 6) is 1.44. The molecule has 2 aliphatic rings. The van der Waals surface area contributed by atoms with Crippen molar-refractivity contribution < 1.29 is 14.3 Å². The van der Waals surface area contributed by atoms with Crippen molar-refractivity contribution in [2.24, 2.45) is 10.4 Å². The summed E-state index contributed by atoms with van der Waals surface area (Å²) < 4.78 is 11.1. The molecule has 0 radical (unpaired) electrons. The minimum atomic E-state index is -0.0232. The Balaban J connectivity index is 1.83. The van der Waals surface area contributed by atoms with Crippen LogP contribution in [0.2, 0.25) is 0 Å². The summed E-state index contributed by atoms with van der Waals surface area (Å²) >= 11 is 0. The zero-order valence-corrected chi connectivity index (χ0v) is 17.8. The van der Waals surface area contributed by atoms with Gasteiger partial charge < -0.3 is 9.47 Å². The molecule has 154 valence electrons. The van der Waals surface area contributed by atoms with Crippen LogP contribution in [0.4, 0.5) is 5.69 Å². The van der Waals surface area contributed by atoms with E-state index in [4.69, 9.17) is 9.47 Å². The number of methoxy groups -OCH3 is 2. The van der Waals surface area contributed by atoms with E-state index in [1.54, 1.807) is 20.4 Å². The Labute approximate surface area is 177 Å². The molecule has 1 heterocycles. The molecular weight excluding hydrogens is 376 g/mol. The molecule has 2 aromatic carbocycles. The third-order valence-corrected chi connectivity index (χ3v) is 5.45. The first-order chi connectivity index (χ1) is 14.4. The number of rotatable bonds is 4.